The van der Waals surface area contributed by atoms with Gasteiger partial charge in [-0.05, 0) is 43.9 Å². The van der Waals surface area contributed by atoms with Gasteiger partial charge in [-0.25, -0.2) is 8.42 Å². The second kappa shape index (κ2) is 10.1. The number of methoxy groups -OCH3 is 2. The van der Waals surface area contributed by atoms with E-state index in [-0.39, 0.29) is 23.0 Å². The average Bonchev–Trinajstić information content (AvgIpc) is 2.77. The number of ether oxygens (including phenoxy) is 2. The van der Waals surface area contributed by atoms with Gasteiger partial charge in [-0.15, -0.1) is 11.8 Å². The number of benzene rings is 2. The minimum Gasteiger partial charge on any atom is -0.493 e. The molecule has 0 heterocycles. The van der Waals surface area contributed by atoms with Crippen LogP contribution in [0.1, 0.15) is 35.8 Å². The Bertz CT molecular complexity index is 991. The van der Waals surface area contributed by atoms with E-state index in [0.29, 0.717) is 11.5 Å². The SMILES string of the molecule is CCS(=O)(=O)N(C)c1cc(OC)c(OC)cc1C(=O)NC(C)c1ccc(SC)cc1. The second-order valence-electron chi connectivity index (χ2n) is 6.56. The first-order valence-corrected chi connectivity index (χ1v) is 12.2. The van der Waals surface area contributed by atoms with E-state index in [1.165, 1.54) is 33.4 Å². The van der Waals surface area contributed by atoms with E-state index in [1.807, 2.05) is 37.4 Å². The van der Waals surface area contributed by atoms with Crippen LogP contribution in [0.25, 0.3) is 0 Å². The van der Waals surface area contributed by atoms with Crippen LogP contribution in [0.5, 0.6) is 11.5 Å². The van der Waals surface area contributed by atoms with E-state index in [1.54, 1.807) is 18.7 Å². The van der Waals surface area contributed by atoms with Crippen molar-refractivity contribution in [1.82, 2.24) is 5.32 Å². The molecule has 0 saturated carbocycles. The lowest BCUT2D eigenvalue weighted by molar-refractivity contribution is 0.0940. The molecule has 0 spiro atoms. The maximum absolute atomic E-state index is 13.1. The minimum absolute atomic E-state index is 0.100. The lowest BCUT2D eigenvalue weighted by Gasteiger charge is -2.24. The summed E-state index contributed by atoms with van der Waals surface area (Å²) < 4.78 is 36.6. The number of anilines is 1. The predicted octanol–water partition coefficient (Wildman–Crippen LogP) is 3.70. The Hall–Kier alpha value is -2.39. The topological polar surface area (TPSA) is 84.9 Å². The first-order valence-electron chi connectivity index (χ1n) is 9.35. The zero-order chi connectivity index (χ0) is 22.5. The molecule has 1 atom stereocenters. The fraction of sp³-hybridized carbons (Fsp3) is 0.381. The van der Waals surface area contributed by atoms with Crippen LogP contribution in [0.15, 0.2) is 41.3 Å². The summed E-state index contributed by atoms with van der Waals surface area (Å²) in [4.78, 5) is 14.3. The number of nitrogens with one attached hydrogen (secondary N) is 1. The van der Waals surface area contributed by atoms with Gasteiger partial charge in [-0.1, -0.05) is 12.1 Å². The zero-order valence-corrected chi connectivity index (χ0v) is 19.7. The lowest BCUT2D eigenvalue weighted by Crippen LogP contribution is -2.32. The van der Waals surface area contributed by atoms with Gasteiger partial charge in [0.1, 0.15) is 0 Å². The summed E-state index contributed by atoms with van der Waals surface area (Å²) >= 11 is 1.64. The average molecular weight is 453 g/mol. The zero-order valence-electron chi connectivity index (χ0n) is 18.1. The summed E-state index contributed by atoms with van der Waals surface area (Å²) in [5.41, 5.74) is 1.34. The monoisotopic (exact) mass is 452 g/mol. The van der Waals surface area contributed by atoms with Gasteiger partial charge < -0.3 is 14.8 Å². The third-order valence-electron chi connectivity index (χ3n) is 4.83. The van der Waals surface area contributed by atoms with Crippen molar-refractivity contribution < 1.29 is 22.7 Å². The molecule has 164 valence electrons. The molecule has 9 heteroatoms. The van der Waals surface area contributed by atoms with E-state index in [4.69, 9.17) is 9.47 Å². The first kappa shape index (κ1) is 23.9. The number of hydrogen-bond acceptors (Lipinski definition) is 6. The maximum atomic E-state index is 13.1. The second-order valence-corrected chi connectivity index (χ2v) is 9.73. The number of thioether (sulfide) groups is 1. The minimum atomic E-state index is -3.59. The third-order valence-corrected chi connectivity index (χ3v) is 7.34. The molecule has 0 radical (unpaired) electrons. The van der Waals surface area contributed by atoms with Gasteiger partial charge in [0.2, 0.25) is 10.0 Å². The van der Waals surface area contributed by atoms with Gasteiger partial charge >= 0.3 is 0 Å². The van der Waals surface area contributed by atoms with Crippen LogP contribution in [0, 0.1) is 0 Å². The molecule has 2 rings (SSSR count). The number of rotatable bonds is 9. The van der Waals surface area contributed by atoms with Crippen molar-refractivity contribution in [1.29, 1.82) is 0 Å². The Morgan fingerprint density at radius 2 is 1.70 bits per heavy atom. The summed E-state index contributed by atoms with van der Waals surface area (Å²) in [6.45, 7) is 3.42. The molecular formula is C21H28N2O5S2. The van der Waals surface area contributed by atoms with E-state index >= 15 is 0 Å². The fourth-order valence-electron chi connectivity index (χ4n) is 2.90. The molecule has 2 aromatic rings. The van der Waals surface area contributed by atoms with Gasteiger partial charge in [-0.3, -0.25) is 9.10 Å². The van der Waals surface area contributed by atoms with Crippen molar-refractivity contribution in [2.75, 3.05) is 37.6 Å². The number of carbonyl (C=O) groups is 1. The highest BCUT2D eigenvalue weighted by Crippen LogP contribution is 2.36. The Morgan fingerprint density at radius 3 is 2.20 bits per heavy atom. The van der Waals surface area contributed by atoms with Crippen molar-refractivity contribution in [3.05, 3.63) is 47.5 Å². The maximum Gasteiger partial charge on any atom is 0.254 e. The summed E-state index contributed by atoms with van der Waals surface area (Å²) in [6, 6.07) is 10.6. The number of hydrogen-bond donors (Lipinski definition) is 1. The molecule has 0 saturated heterocycles. The van der Waals surface area contributed by atoms with Crippen molar-refractivity contribution in [3.63, 3.8) is 0 Å². The van der Waals surface area contributed by atoms with Crippen molar-refractivity contribution in [3.8, 4) is 11.5 Å². The van der Waals surface area contributed by atoms with Crippen molar-refractivity contribution in [2.24, 2.45) is 0 Å². The quantitative estimate of drug-likeness (QED) is 0.584. The van der Waals surface area contributed by atoms with Crippen LogP contribution in [0.4, 0.5) is 5.69 Å². The van der Waals surface area contributed by atoms with E-state index in [2.05, 4.69) is 5.32 Å². The summed E-state index contributed by atoms with van der Waals surface area (Å²) in [5.74, 6) is 0.163. The molecule has 30 heavy (non-hydrogen) atoms. The smallest absolute Gasteiger partial charge is 0.254 e. The molecule has 1 amide bonds. The molecular weight excluding hydrogens is 424 g/mol. The van der Waals surface area contributed by atoms with Gasteiger partial charge in [0.15, 0.2) is 11.5 Å². The summed E-state index contributed by atoms with van der Waals surface area (Å²) in [7, 11) is 0.747. The Balaban J connectivity index is 2.45. The molecule has 0 aliphatic rings. The Kier molecular flexibility index (Phi) is 8.03. The number of carbonyl (C=O) groups excluding carboxylic acids is 1. The molecule has 0 fully saturated rings. The molecule has 1 unspecified atom stereocenters. The van der Waals surface area contributed by atoms with Crippen LogP contribution >= 0.6 is 11.8 Å². The Labute approximate surface area is 182 Å². The van der Waals surface area contributed by atoms with Crippen LogP contribution in [0.3, 0.4) is 0 Å². The highest BCUT2D eigenvalue weighted by molar-refractivity contribution is 7.98. The molecule has 1 N–H and O–H groups in total. The van der Waals surface area contributed by atoms with E-state index < -0.39 is 15.9 Å². The van der Waals surface area contributed by atoms with Crippen LogP contribution in [-0.4, -0.2) is 47.6 Å². The normalized spacial score (nSPS) is 12.2. The van der Waals surface area contributed by atoms with Crippen LogP contribution < -0.4 is 19.1 Å². The molecule has 0 aromatic heterocycles. The van der Waals surface area contributed by atoms with Crippen molar-refractivity contribution >= 4 is 33.4 Å². The van der Waals surface area contributed by atoms with Gasteiger partial charge in [0.25, 0.3) is 5.91 Å². The van der Waals surface area contributed by atoms with Gasteiger partial charge in [0.05, 0.1) is 37.3 Å². The highest BCUT2D eigenvalue weighted by Gasteiger charge is 2.25. The molecule has 0 bridgehead atoms. The molecule has 2 aromatic carbocycles. The van der Waals surface area contributed by atoms with Crippen LogP contribution in [0.2, 0.25) is 0 Å². The Morgan fingerprint density at radius 1 is 1.13 bits per heavy atom. The molecule has 0 aliphatic carbocycles. The van der Waals surface area contributed by atoms with E-state index in [9.17, 15) is 13.2 Å². The predicted molar refractivity (Wildman–Crippen MR) is 122 cm³/mol. The highest BCUT2D eigenvalue weighted by atomic mass is 32.2. The van der Waals surface area contributed by atoms with E-state index in [0.717, 1.165) is 14.8 Å². The number of nitrogens with zero attached hydrogens (tertiary/aromatic N) is 1. The van der Waals surface area contributed by atoms with Crippen molar-refractivity contribution in [2.45, 2.75) is 24.8 Å². The van der Waals surface area contributed by atoms with Gasteiger partial charge in [-0.2, -0.15) is 0 Å². The summed E-state index contributed by atoms with van der Waals surface area (Å²) in [5, 5.41) is 2.94. The number of sulfonamides is 1. The lowest BCUT2D eigenvalue weighted by atomic mass is 10.1. The molecule has 0 aliphatic heterocycles. The first-order chi connectivity index (χ1) is 14.2. The summed E-state index contributed by atoms with van der Waals surface area (Å²) in [6.07, 6.45) is 2.00. The van der Waals surface area contributed by atoms with Crippen LogP contribution in [-0.2, 0) is 10.0 Å². The standard InChI is InChI=1S/C21H28N2O5S2/c1-7-30(25,26)23(3)18-13-20(28-5)19(27-4)12-17(18)21(24)22-14(2)15-8-10-16(29-6)11-9-15/h8-14H,7H2,1-6H3,(H,22,24). The number of amides is 1. The third kappa shape index (κ3) is 5.20. The van der Waals surface area contributed by atoms with Gasteiger partial charge in [0, 0.05) is 18.0 Å². The largest absolute Gasteiger partial charge is 0.493 e. The fourth-order valence-corrected chi connectivity index (χ4v) is 4.15. The molecule has 7 nitrogen and oxygen atoms in total.